The third-order valence-corrected chi connectivity index (χ3v) is 5.32. The average Bonchev–Trinajstić information content (AvgIpc) is 2.83. The summed E-state index contributed by atoms with van der Waals surface area (Å²) in [6, 6.07) is 21.5. The molecule has 0 saturated carbocycles. The molecule has 1 unspecified atom stereocenters. The van der Waals surface area contributed by atoms with E-state index >= 15 is 0 Å². The van der Waals surface area contributed by atoms with E-state index in [4.69, 9.17) is 4.42 Å². The van der Waals surface area contributed by atoms with E-state index in [1.807, 2.05) is 6.07 Å². The molecule has 7 heteroatoms. The quantitative estimate of drug-likeness (QED) is 0.182. The Hall–Kier alpha value is -4.52. The monoisotopic (exact) mass is 441 g/mol. The number of carbonyl (C=O) groups is 1. The summed E-state index contributed by atoms with van der Waals surface area (Å²) >= 11 is 0. The Kier molecular flexibility index (Phi) is 6.13. The second kappa shape index (κ2) is 9.32. The molecule has 3 aromatic carbocycles. The Balaban J connectivity index is 1.71. The van der Waals surface area contributed by atoms with Gasteiger partial charge in [0.15, 0.2) is 5.78 Å². The Morgan fingerprint density at radius 3 is 2.52 bits per heavy atom. The number of carbonyl (C=O) groups excluding carboxylic acids is 1. The van der Waals surface area contributed by atoms with E-state index in [2.05, 4.69) is 0 Å². The zero-order chi connectivity index (χ0) is 23.4. The van der Waals surface area contributed by atoms with Crippen LogP contribution in [0, 0.1) is 10.1 Å². The topological polar surface area (TPSA) is 111 Å². The second-order valence-electron chi connectivity index (χ2n) is 7.47. The molecule has 4 aromatic rings. The molecule has 0 amide bonds. The summed E-state index contributed by atoms with van der Waals surface area (Å²) in [6.45, 7) is 0. The summed E-state index contributed by atoms with van der Waals surface area (Å²) < 4.78 is 5.41. The number of benzene rings is 3. The molecule has 0 aliphatic carbocycles. The number of ketones is 1. The normalized spacial score (nSPS) is 12.1. The van der Waals surface area contributed by atoms with Crippen molar-refractivity contribution in [3.63, 3.8) is 0 Å². The van der Waals surface area contributed by atoms with Crippen LogP contribution in [0.5, 0.6) is 5.75 Å². The SMILES string of the molecule is O=C(/C=C/c1cccc([N+](=O)[O-])c1)CC(c1ccccc1)c1c(O)c2ccccc2oc1=O. The lowest BCUT2D eigenvalue weighted by Crippen LogP contribution is -2.16. The van der Waals surface area contributed by atoms with Crippen LogP contribution in [0.15, 0.2) is 94.2 Å². The van der Waals surface area contributed by atoms with Gasteiger partial charge in [-0.25, -0.2) is 4.79 Å². The van der Waals surface area contributed by atoms with E-state index in [0.29, 0.717) is 16.5 Å². The summed E-state index contributed by atoms with van der Waals surface area (Å²) in [6.07, 6.45) is 2.70. The van der Waals surface area contributed by atoms with Crippen LogP contribution in [-0.2, 0) is 4.79 Å². The number of nitro groups is 1. The first-order valence-electron chi connectivity index (χ1n) is 10.2. The minimum atomic E-state index is -0.741. The number of aromatic hydroxyl groups is 1. The van der Waals surface area contributed by atoms with Gasteiger partial charge in [-0.1, -0.05) is 60.7 Å². The highest BCUT2D eigenvalue weighted by molar-refractivity contribution is 5.95. The lowest BCUT2D eigenvalue weighted by molar-refractivity contribution is -0.384. The fourth-order valence-electron chi connectivity index (χ4n) is 3.73. The van der Waals surface area contributed by atoms with Gasteiger partial charge in [0.25, 0.3) is 5.69 Å². The molecule has 1 heterocycles. The molecule has 0 saturated heterocycles. The number of fused-ring (bicyclic) bond motifs is 1. The first-order valence-corrected chi connectivity index (χ1v) is 10.2. The van der Waals surface area contributed by atoms with Gasteiger partial charge in [-0.2, -0.15) is 0 Å². The van der Waals surface area contributed by atoms with Gasteiger partial charge < -0.3 is 9.52 Å². The third kappa shape index (κ3) is 4.72. The van der Waals surface area contributed by atoms with E-state index in [-0.39, 0.29) is 34.8 Å². The zero-order valence-corrected chi connectivity index (χ0v) is 17.4. The van der Waals surface area contributed by atoms with Gasteiger partial charge in [-0.15, -0.1) is 0 Å². The molecule has 0 bridgehead atoms. The molecule has 164 valence electrons. The summed E-state index contributed by atoms with van der Waals surface area (Å²) in [5, 5.41) is 22.3. The van der Waals surface area contributed by atoms with Crippen LogP contribution in [0.4, 0.5) is 5.69 Å². The van der Waals surface area contributed by atoms with Crippen molar-refractivity contribution in [2.45, 2.75) is 12.3 Å². The van der Waals surface area contributed by atoms with E-state index in [1.165, 1.54) is 30.4 Å². The molecular weight excluding hydrogens is 422 g/mol. The van der Waals surface area contributed by atoms with Crippen LogP contribution in [0.2, 0.25) is 0 Å². The average molecular weight is 441 g/mol. The highest BCUT2D eigenvalue weighted by Crippen LogP contribution is 2.36. The number of hydrogen-bond donors (Lipinski definition) is 1. The number of para-hydroxylation sites is 1. The molecular formula is C26H19NO6. The smallest absolute Gasteiger partial charge is 0.343 e. The van der Waals surface area contributed by atoms with Gasteiger partial charge in [-0.05, 0) is 29.3 Å². The Bertz CT molecular complexity index is 1420. The predicted octanol–water partition coefficient (Wildman–Crippen LogP) is 5.21. The molecule has 0 aliphatic heterocycles. The molecule has 0 fully saturated rings. The highest BCUT2D eigenvalue weighted by atomic mass is 16.6. The van der Waals surface area contributed by atoms with E-state index in [1.54, 1.807) is 54.6 Å². The zero-order valence-electron chi connectivity index (χ0n) is 17.4. The number of allylic oxidation sites excluding steroid dienone is 1. The lowest BCUT2D eigenvalue weighted by Gasteiger charge is -2.17. The van der Waals surface area contributed by atoms with Crippen molar-refractivity contribution < 1.29 is 19.2 Å². The van der Waals surface area contributed by atoms with E-state index in [9.17, 15) is 24.8 Å². The van der Waals surface area contributed by atoms with Crippen molar-refractivity contribution in [2.75, 3.05) is 0 Å². The van der Waals surface area contributed by atoms with Crippen molar-refractivity contribution in [1.82, 2.24) is 0 Å². The summed E-state index contributed by atoms with van der Waals surface area (Å²) in [7, 11) is 0. The van der Waals surface area contributed by atoms with Crippen LogP contribution < -0.4 is 5.63 Å². The fourth-order valence-corrected chi connectivity index (χ4v) is 3.73. The van der Waals surface area contributed by atoms with Crippen LogP contribution in [0.1, 0.15) is 29.0 Å². The Morgan fingerprint density at radius 1 is 1.03 bits per heavy atom. The number of nitro benzene ring substituents is 1. The van der Waals surface area contributed by atoms with Gasteiger partial charge in [0.05, 0.1) is 15.9 Å². The van der Waals surface area contributed by atoms with Crippen molar-refractivity contribution in [3.05, 3.63) is 122 Å². The lowest BCUT2D eigenvalue weighted by atomic mass is 9.86. The van der Waals surface area contributed by atoms with Crippen molar-refractivity contribution in [2.24, 2.45) is 0 Å². The molecule has 0 spiro atoms. The van der Waals surface area contributed by atoms with Crippen LogP contribution >= 0.6 is 0 Å². The first kappa shape index (κ1) is 21.7. The minimum absolute atomic E-state index is 0.0111. The minimum Gasteiger partial charge on any atom is -0.507 e. The largest absolute Gasteiger partial charge is 0.507 e. The standard InChI is InChI=1S/C26H19NO6/c28-20(14-13-17-7-6-10-19(15-17)27(31)32)16-22(18-8-2-1-3-9-18)24-25(29)21-11-4-5-12-23(21)33-26(24)30/h1-15,22,29H,16H2/b14-13+. The number of non-ortho nitro benzene ring substituents is 1. The summed E-state index contributed by atoms with van der Waals surface area (Å²) in [5.41, 5.74) is 0.653. The number of rotatable bonds is 7. The van der Waals surface area contributed by atoms with E-state index < -0.39 is 16.5 Å². The molecule has 0 aliphatic rings. The highest BCUT2D eigenvalue weighted by Gasteiger charge is 2.26. The summed E-state index contributed by atoms with van der Waals surface area (Å²) in [4.78, 5) is 36.1. The van der Waals surface area contributed by atoms with Gasteiger partial charge in [0, 0.05) is 24.5 Å². The second-order valence-corrected chi connectivity index (χ2v) is 7.47. The van der Waals surface area contributed by atoms with Crippen LogP contribution in [0.25, 0.3) is 17.0 Å². The molecule has 1 N–H and O–H groups in total. The van der Waals surface area contributed by atoms with Crippen molar-refractivity contribution in [3.8, 4) is 5.75 Å². The van der Waals surface area contributed by atoms with Crippen molar-refractivity contribution in [1.29, 1.82) is 0 Å². The molecule has 4 rings (SSSR count). The van der Waals surface area contributed by atoms with Crippen LogP contribution in [0.3, 0.4) is 0 Å². The molecule has 1 atom stereocenters. The fraction of sp³-hybridized carbons (Fsp3) is 0.0769. The maximum atomic E-state index is 12.8. The molecule has 7 nitrogen and oxygen atoms in total. The first-order chi connectivity index (χ1) is 15.9. The van der Waals surface area contributed by atoms with Crippen molar-refractivity contribution >= 4 is 28.5 Å². The molecule has 0 radical (unpaired) electrons. The molecule has 1 aromatic heterocycles. The van der Waals surface area contributed by atoms with Gasteiger partial charge in [0.1, 0.15) is 11.3 Å². The van der Waals surface area contributed by atoms with Crippen LogP contribution in [-0.4, -0.2) is 15.8 Å². The Morgan fingerprint density at radius 2 is 1.76 bits per heavy atom. The number of hydrogen-bond acceptors (Lipinski definition) is 6. The van der Waals surface area contributed by atoms with Gasteiger partial charge in [0.2, 0.25) is 0 Å². The summed E-state index contributed by atoms with van der Waals surface area (Å²) in [5.74, 6) is -1.28. The third-order valence-electron chi connectivity index (χ3n) is 5.32. The van der Waals surface area contributed by atoms with Gasteiger partial charge in [-0.3, -0.25) is 14.9 Å². The molecule has 33 heavy (non-hydrogen) atoms. The number of nitrogens with zero attached hydrogens (tertiary/aromatic N) is 1. The Labute approximate surface area is 188 Å². The maximum absolute atomic E-state index is 12.8. The predicted molar refractivity (Wildman–Crippen MR) is 124 cm³/mol. The van der Waals surface area contributed by atoms with E-state index in [0.717, 1.165) is 0 Å². The van der Waals surface area contributed by atoms with Gasteiger partial charge >= 0.3 is 5.63 Å². The maximum Gasteiger partial charge on any atom is 0.343 e.